The van der Waals surface area contributed by atoms with Crippen molar-refractivity contribution in [3.63, 3.8) is 0 Å². The van der Waals surface area contributed by atoms with Crippen LogP contribution in [0.1, 0.15) is 5.89 Å². The van der Waals surface area contributed by atoms with Crippen molar-refractivity contribution in [1.82, 2.24) is 19.3 Å². The van der Waals surface area contributed by atoms with Gasteiger partial charge in [-0.1, -0.05) is 11.2 Å². The number of methoxy groups -OCH3 is 1. The highest BCUT2D eigenvalue weighted by molar-refractivity contribution is 7.89. The Morgan fingerprint density at radius 1 is 1.10 bits per heavy atom. The molecular weight excluding hydrogens is 411 g/mol. The quantitative estimate of drug-likeness (QED) is 0.591. The van der Waals surface area contributed by atoms with Gasteiger partial charge in [-0.3, -0.25) is 4.90 Å². The first-order chi connectivity index (χ1) is 14.5. The third kappa shape index (κ3) is 4.35. The SMILES string of the molecule is COc1ccc(-c2noc(CN3CCN(S(=O)(=O)c4cccc(F)c4)CC3)n2)cc1. The van der Waals surface area contributed by atoms with E-state index in [0.717, 1.165) is 17.4 Å². The van der Waals surface area contributed by atoms with E-state index in [1.54, 1.807) is 7.11 Å². The Labute approximate surface area is 173 Å². The second kappa shape index (κ2) is 8.50. The van der Waals surface area contributed by atoms with Gasteiger partial charge in [-0.05, 0) is 42.5 Å². The van der Waals surface area contributed by atoms with Gasteiger partial charge in [0.1, 0.15) is 11.6 Å². The molecule has 1 saturated heterocycles. The van der Waals surface area contributed by atoms with Gasteiger partial charge in [0.25, 0.3) is 0 Å². The summed E-state index contributed by atoms with van der Waals surface area (Å²) in [6.07, 6.45) is 0. The van der Waals surface area contributed by atoms with Gasteiger partial charge >= 0.3 is 0 Å². The molecule has 0 spiro atoms. The van der Waals surface area contributed by atoms with Crippen LogP contribution in [0.25, 0.3) is 11.4 Å². The summed E-state index contributed by atoms with van der Waals surface area (Å²) in [7, 11) is -2.11. The van der Waals surface area contributed by atoms with Crippen LogP contribution in [0.2, 0.25) is 0 Å². The minimum absolute atomic E-state index is 0.0306. The highest BCUT2D eigenvalue weighted by Gasteiger charge is 2.29. The molecule has 3 aromatic rings. The number of sulfonamides is 1. The minimum Gasteiger partial charge on any atom is -0.497 e. The molecule has 0 saturated carbocycles. The van der Waals surface area contributed by atoms with Gasteiger partial charge in [-0.25, -0.2) is 12.8 Å². The maximum absolute atomic E-state index is 13.4. The molecule has 10 heteroatoms. The number of benzene rings is 2. The molecule has 4 rings (SSSR count). The lowest BCUT2D eigenvalue weighted by molar-refractivity contribution is 0.163. The lowest BCUT2D eigenvalue weighted by Crippen LogP contribution is -2.48. The Bertz CT molecular complexity index is 1110. The summed E-state index contributed by atoms with van der Waals surface area (Å²) in [6.45, 7) is 2.05. The van der Waals surface area contributed by atoms with E-state index < -0.39 is 15.8 Å². The summed E-state index contributed by atoms with van der Waals surface area (Å²) in [4.78, 5) is 6.44. The van der Waals surface area contributed by atoms with Crippen LogP contribution in [0.4, 0.5) is 4.39 Å². The number of nitrogens with zero attached hydrogens (tertiary/aromatic N) is 4. The topological polar surface area (TPSA) is 88.8 Å². The van der Waals surface area contributed by atoms with Gasteiger partial charge in [-0.15, -0.1) is 0 Å². The molecule has 30 heavy (non-hydrogen) atoms. The minimum atomic E-state index is -3.71. The summed E-state index contributed by atoms with van der Waals surface area (Å²) in [5, 5.41) is 4.01. The predicted molar refractivity (Wildman–Crippen MR) is 107 cm³/mol. The van der Waals surface area contributed by atoms with Crippen molar-refractivity contribution in [3.8, 4) is 17.1 Å². The first kappa shape index (κ1) is 20.5. The van der Waals surface area contributed by atoms with Crippen molar-refractivity contribution in [1.29, 1.82) is 0 Å². The fourth-order valence-corrected chi connectivity index (χ4v) is 4.73. The van der Waals surface area contributed by atoms with Gasteiger partial charge in [0.15, 0.2) is 0 Å². The van der Waals surface area contributed by atoms with Crippen molar-refractivity contribution in [2.75, 3.05) is 33.3 Å². The first-order valence-electron chi connectivity index (χ1n) is 9.41. The van der Waals surface area contributed by atoms with E-state index in [1.165, 1.54) is 22.5 Å². The number of hydrogen-bond acceptors (Lipinski definition) is 7. The molecule has 0 radical (unpaired) electrons. The van der Waals surface area contributed by atoms with E-state index in [4.69, 9.17) is 9.26 Å². The maximum Gasteiger partial charge on any atom is 0.243 e. The Hall–Kier alpha value is -2.82. The van der Waals surface area contributed by atoms with Gasteiger partial charge in [-0.2, -0.15) is 9.29 Å². The van der Waals surface area contributed by atoms with Crippen LogP contribution in [-0.2, 0) is 16.6 Å². The van der Waals surface area contributed by atoms with Gasteiger partial charge < -0.3 is 9.26 Å². The van der Waals surface area contributed by atoms with Crippen LogP contribution < -0.4 is 4.74 Å². The monoisotopic (exact) mass is 432 g/mol. The predicted octanol–water partition coefficient (Wildman–Crippen LogP) is 2.39. The number of aromatic nitrogens is 2. The van der Waals surface area contributed by atoms with Crippen LogP contribution in [0.3, 0.4) is 0 Å². The molecular formula is C20H21FN4O4S. The highest BCUT2D eigenvalue weighted by Crippen LogP contribution is 2.21. The van der Waals surface area contributed by atoms with Crippen molar-refractivity contribution in [2.45, 2.75) is 11.4 Å². The highest BCUT2D eigenvalue weighted by atomic mass is 32.2. The normalized spacial score (nSPS) is 15.9. The van der Waals surface area contributed by atoms with Crippen molar-refractivity contribution < 1.29 is 22.1 Å². The average molecular weight is 432 g/mol. The number of ether oxygens (including phenoxy) is 1. The third-order valence-corrected chi connectivity index (χ3v) is 6.83. The Kier molecular flexibility index (Phi) is 5.80. The lowest BCUT2D eigenvalue weighted by Gasteiger charge is -2.33. The van der Waals surface area contributed by atoms with E-state index in [1.807, 2.05) is 29.2 Å². The second-order valence-corrected chi connectivity index (χ2v) is 8.82. The molecule has 8 nitrogen and oxygen atoms in total. The van der Waals surface area contributed by atoms with Crippen LogP contribution >= 0.6 is 0 Å². The van der Waals surface area contributed by atoms with Crippen LogP contribution in [-0.4, -0.2) is 61.1 Å². The number of piperazine rings is 1. The molecule has 0 amide bonds. The van der Waals surface area contributed by atoms with E-state index in [0.29, 0.717) is 44.4 Å². The summed E-state index contributed by atoms with van der Waals surface area (Å²) in [5.74, 6) is 1.12. The molecule has 0 atom stereocenters. The van der Waals surface area contributed by atoms with Crippen molar-refractivity contribution in [2.24, 2.45) is 0 Å². The molecule has 0 aliphatic carbocycles. The molecule has 2 aromatic carbocycles. The average Bonchev–Trinajstić information content (AvgIpc) is 3.22. The lowest BCUT2D eigenvalue weighted by atomic mass is 10.2. The van der Waals surface area contributed by atoms with Gasteiger partial charge in [0.05, 0.1) is 18.6 Å². The Morgan fingerprint density at radius 2 is 1.83 bits per heavy atom. The Morgan fingerprint density at radius 3 is 2.50 bits per heavy atom. The number of rotatable bonds is 6. The molecule has 158 valence electrons. The molecule has 1 fully saturated rings. The van der Waals surface area contributed by atoms with E-state index in [2.05, 4.69) is 10.1 Å². The molecule has 1 aliphatic rings. The second-order valence-electron chi connectivity index (χ2n) is 6.88. The largest absolute Gasteiger partial charge is 0.497 e. The fraction of sp³-hybridized carbons (Fsp3) is 0.300. The molecule has 0 N–H and O–H groups in total. The summed E-state index contributed by atoms with van der Waals surface area (Å²) in [6, 6.07) is 12.4. The van der Waals surface area contributed by atoms with Crippen molar-refractivity contribution in [3.05, 3.63) is 60.2 Å². The first-order valence-corrected chi connectivity index (χ1v) is 10.8. The molecule has 1 aromatic heterocycles. The van der Waals surface area contributed by atoms with Gasteiger partial charge in [0.2, 0.25) is 21.7 Å². The third-order valence-electron chi connectivity index (χ3n) is 4.94. The van der Waals surface area contributed by atoms with Crippen LogP contribution in [0.5, 0.6) is 5.75 Å². The summed E-state index contributed by atoms with van der Waals surface area (Å²) in [5.41, 5.74) is 0.816. The molecule has 2 heterocycles. The van der Waals surface area contributed by atoms with E-state index >= 15 is 0 Å². The zero-order valence-corrected chi connectivity index (χ0v) is 17.2. The molecule has 0 unspecified atom stereocenters. The van der Waals surface area contributed by atoms with E-state index in [-0.39, 0.29) is 4.90 Å². The molecule has 1 aliphatic heterocycles. The van der Waals surface area contributed by atoms with Crippen LogP contribution in [0.15, 0.2) is 57.9 Å². The number of hydrogen-bond donors (Lipinski definition) is 0. The zero-order valence-electron chi connectivity index (χ0n) is 16.4. The summed E-state index contributed by atoms with van der Waals surface area (Å²) >= 11 is 0. The smallest absolute Gasteiger partial charge is 0.243 e. The fourth-order valence-electron chi connectivity index (χ4n) is 3.27. The summed E-state index contributed by atoms with van der Waals surface area (Å²) < 4.78 is 50.7. The molecule has 0 bridgehead atoms. The zero-order chi connectivity index (χ0) is 21.1. The maximum atomic E-state index is 13.4. The van der Waals surface area contributed by atoms with Crippen LogP contribution in [0, 0.1) is 5.82 Å². The van der Waals surface area contributed by atoms with E-state index in [9.17, 15) is 12.8 Å². The van der Waals surface area contributed by atoms with Gasteiger partial charge in [0, 0.05) is 31.7 Å². The number of halogens is 1. The standard InChI is InChI=1S/C20H21FN4O4S/c1-28-17-7-5-15(6-8-17)20-22-19(29-23-20)14-24-9-11-25(12-10-24)30(26,27)18-4-2-3-16(21)13-18/h2-8,13H,9-12,14H2,1H3. The van der Waals surface area contributed by atoms with Crippen molar-refractivity contribution >= 4 is 10.0 Å². The Balaban J connectivity index is 1.36.